The highest BCUT2D eigenvalue weighted by molar-refractivity contribution is 6.05. The minimum atomic E-state index is -0.188. The molecule has 0 unspecified atom stereocenters. The molecule has 0 spiro atoms. The predicted octanol–water partition coefficient (Wildman–Crippen LogP) is 3.12. The maximum atomic E-state index is 12.8. The molecule has 1 N–H and O–H groups in total. The number of carbonyl (C=O) groups excluding carboxylic acids is 1. The van der Waals surface area contributed by atoms with Crippen LogP contribution in [-0.2, 0) is 9.47 Å². The number of aromatic nitrogens is 1. The van der Waals surface area contributed by atoms with Crippen molar-refractivity contribution in [2.45, 2.75) is 25.4 Å². The maximum Gasteiger partial charge on any atom is 0.255 e. The second kappa shape index (κ2) is 9.71. The quantitative estimate of drug-likeness (QED) is 0.807. The summed E-state index contributed by atoms with van der Waals surface area (Å²) < 4.78 is 17.1. The molecule has 1 aromatic heterocycles. The number of hydrogen-bond donors (Lipinski definition) is 1. The fraction of sp³-hybridized carbons (Fsp3) is 0.455. The molecule has 154 valence electrons. The van der Waals surface area contributed by atoms with Gasteiger partial charge in [0.15, 0.2) is 0 Å². The first-order valence-corrected chi connectivity index (χ1v) is 10.2. The SMILES string of the molecule is O=C(Nc1ccccc1OC[C@@H]1CCCCO1)c1ccnc(N2CCOCC2)c1. The van der Waals surface area contributed by atoms with E-state index in [4.69, 9.17) is 14.2 Å². The molecule has 7 nitrogen and oxygen atoms in total. The molecule has 1 atom stereocenters. The Morgan fingerprint density at radius 1 is 1.17 bits per heavy atom. The molecular weight excluding hydrogens is 370 g/mol. The van der Waals surface area contributed by atoms with Gasteiger partial charge in [-0.1, -0.05) is 12.1 Å². The summed E-state index contributed by atoms with van der Waals surface area (Å²) in [4.78, 5) is 19.4. The molecule has 1 amide bonds. The van der Waals surface area contributed by atoms with Gasteiger partial charge in [-0.2, -0.15) is 0 Å². The number of pyridine rings is 1. The lowest BCUT2D eigenvalue weighted by atomic mass is 10.1. The van der Waals surface area contributed by atoms with Crippen molar-refractivity contribution in [3.63, 3.8) is 0 Å². The van der Waals surface area contributed by atoms with Gasteiger partial charge in [0.25, 0.3) is 5.91 Å². The lowest BCUT2D eigenvalue weighted by Crippen LogP contribution is -2.36. The minimum absolute atomic E-state index is 0.115. The van der Waals surface area contributed by atoms with Crippen LogP contribution in [0, 0.1) is 0 Å². The summed E-state index contributed by atoms with van der Waals surface area (Å²) in [5.74, 6) is 1.25. The number of ether oxygens (including phenoxy) is 3. The molecule has 0 aliphatic carbocycles. The van der Waals surface area contributed by atoms with Gasteiger partial charge in [0.2, 0.25) is 0 Å². The van der Waals surface area contributed by atoms with Crippen LogP contribution in [0.3, 0.4) is 0 Å². The van der Waals surface area contributed by atoms with Crippen LogP contribution in [0.25, 0.3) is 0 Å². The molecule has 2 aliphatic heterocycles. The van der Waals surface area contributed by atoms with Crippen molar-refractivity contribution in [1.29, 1.82) is 0 Å². The zero-order valence-electron chi connectivity index (χ0n) is 16.5. The lowest BCUT2D eigenvalue weighted by molar-refractivity contribution is -0.0109. The van der Waals surface area contributed by atoms with Crippen molar-refractivity contribution >= 4 is 17.4 Å². The van der Waals surface area contributed by atoms with Crippen LogP contribution in [0.1, 0.15) is 29.6 Å². The largest absolute Gasteiger partial charge is 0.489 e. The van der Waals surface area contributed by atoms with Gasteiger partial charge in [0.05, 0.1) is 25.0 Å². The van der Waals surface area contributed by atoms with Gasteiger partial charge in [0.1, 0.15) is 18.2 Å². The third kappa shape index (κ3) is 5.25. The molecular formula is C22H27N3O4. The number of amides is 1. The number of morpholine rings is 1. The number of nitrogens with zero attached hydrogens (tertiary/aromatic N) is 2. The molecule has 1 aromatic carbocycles. The number of hydrogen-bond acceptors (Lipinski definition) is 6. The Hall–Kier alpha value is -2.64. The molecule has 0 saturated carbocycles. The van der Waals surface area contributed by atoms with Crippen molar-refractivity contribution < 1.29 is 19.0 Å². The van der Waals surface area contributed by atoms with Crippen LogP contribution in [-0.4, -0.2) is 56.5 Å². The van der Waals surface area contributed by atoms with E-state index in [0.29, 0.717) is 36.8 Å². The smallest absolute Gasteiger partial charge is 0.255 e. The zero-order chi connectivity index (χ0) is 19.9. The van der Waals surface area contributed by atoms with E-state index < -0.39 is 0 Å². The third-order valence-electron chi connectivity index (χ3n) is 5.18. The highest BCUT2D eigenvalue weighted by atomic mass is 16.5. The van der Waals surface area contributed by atoms with Gasteiger partial charge in [-0.3, -0.25) is 4.79 Å². The first-order valence-electron chi connectivity index (χ1n) is 10.2. The normalized spacial score (nSPS) is 19.6. The number of benzene rings is 1. The molecule has 2 saturated heterocycles. The van der Waals surface area contributed by atoms with E-state index >= 15 is 0 Å². The van der Waals surface area contributed by atoms with Crippen molar-refractivity contribution in [1.82, 2.24) is 4.98 Å². The number of carbonyl (C=O) groups is 1. The van der Waals surface area contributed by atoms with Gasteiger partial charge in [-0.05, 0) is 43.5 Å². The first-order chi connectivity index (χ1) is 14.3. The number of nitrogens with one attached hydrogen (secondary N) is 1. The van der Waals surface area contributed by atoms with Gasteiger partial charge in [-0.15, -0.1) is 0 Å². The van der Waals surface area contributed by atoms with E-state index in [2.05, 4.69) is 15.2 Å². The van der Waals surface area contributed by atoms with E-state index in [-0.39, 0.29) is 12.0 Å². The molecule has 2 aromatic rings. The zero-order valence-corrected chi connectivity index (χ0v) is 16.5. The summed E-state index contributed by atoms with van der Waals surface area (Å²) in [6, 6.07) is 11.0. The first kappa shape index (κ1) is 19.7. The Labute approximate surface area is 171 Å². The Morgan fingerprint density at radius 2 is 2.03 bits per heavy atom. The molecule has 2 fully saturated rings. The van der Waals surface area contributed by atoms with Crippen molar-refractivity contribution in [2.24, 2.45) is 0 Å². The van der Waals surface area contributed by atoms with Gasteiger partial charge >= 0.3 is 0 Å². The van der Waals surface area contributed by atoms with Crippen LogP contribution in [0.15, 0.2) is 42.6 Å². The van der Waals surface area contributed by atoms with Crippen LogP contribution in [0.5, 0.6) is 5.75 Å². The average Bonchev–Trinajstić information content (AvgIpc) is 2.80. The van der Waals surface area contributed by atoms with Crippen LogP contribution in [0.4, 0.5) is 11.5 Å². The van der Waals surface area contributed by atoms with Crippen LogP contribution >= 0.6 is 0 Å². The van der Waals surface area contributed by atoms with Crippen LogP contribution < -0.4 is 15.0 Å². The minimum Gasteiger partial charge on any atom is -0.489 e. The monoisotopic (exact) mass is 397 g/mol. The van der Waals surface area contributed by atoms with Crippen molar-refractivity contribution in [3.8, 4) is 5.75 Å². The fourth-order valence-corrected chi connectivity index (χ4v) is 3.54. The molecule has 0 bridgehead atoms. The molecule has 3 heterocycles. The Kier molecular flexibility index (Phi) is 6.59. The highest BCUT2D eigenvalue weighted by Gasteiger charge is 2.17. The summed E-state index contributed by atoms with van der Waals surface area (Å²) in [5, 5.41) is 2.97. The van der Waals surface area contributed by atoms with E-state index in [9.17, 15) is 4.79 Å². The van der Waals surface area contributed by atoms with Gasteiger partial charge in [-0.25, -0.2) is 4.98 Å². The second-order valence-corrected chi connectivity index (χ2v) is 7.25. The molecule has 0 radical (unpaired) electrons. The standard InChI is InChI=1S/C22H27N3O4/c26-22(17-8-9-23-21(15-17)25-10-13-27-14-11-25)24-19-6-1-2-7-20(19)29-16-18-5-3-4-12-28-18/h1-2,6-9,15,18H,3-5,10-14,16H2,(H,24,26)/t18-/m0/s1. The summed E-state index contributed by atoms with van der Waals surface area (Å²) in [6.45, 7) is 4.18. The summed E-state index contributed by atoms with van der Waals surface area (Å²) in [5.41, 5.74) is 1.21. The predicted molar refractivity (Wildman–Crippen MR) is 111 cm³/mol. The number of anilines is 2. The highest BCUT2D eigenvalue weighted by Crippen LogP contribution is 2.26. The second-order valence-electron chi connectivity index (χ2n) is 7.25. The summed E-state index contributed by atoms with van der Waals surface area (Å²) in [6.07, 6.45) is 5.07. The van der Waals surface area contributed by atoms with Crippen molar-refractivity contribution in [2.75, 3.05) is 49.7 Å². The summed E-state index contributed by atoms with van der Waals surface area (Å²) >= 11 is 0. The molecule has 4 rings (SSSR count). The Balaban J connectivity index is 1.41. The van der Waals surface area contributed by atoms with Gasteiger partial charge < -0.3 is 24.4 Å². The maximum absolute atomic E-state index is 12.8. The summed E-state index contributed by atoms with van der Waals surface area (Å²) in [7, 11) is 0. The topological polar surface area (TPSA) is 72.9 Å². The Morgan fingerprint density at radius 3 is 2.86 bits per heavy atom. The van der Waals surface area contributed by atoms with Crippen LogP contribution in [0.2, 0.25) is 0 Å². The number of para-hydroxylation sites is 2. The Bertz CT molecular complexity index is 817. The van der Waals surface area contributed by atoms with Gasteiger partial charge in [0, 0.05) is 31.5 Å². The molecule has 29 heavy (non-hydrogen) atoms. The lowest BCUT2D eigenvalue weighted by Gasteiger charge is -2.27. The van der Waals surface area contributed by atoms with E-state index in [1.165, 1.54) is 6.42 Å². The van der Waals surface area contributed by atoms with E-state index in [1.807, 2.05) is 30.3 Å². The van der Waals surface area contributed by atoms with E-state index in [0.717, 1.165) is 38.4 Å². The molecule has 7 heteroatoms. The third-order valence-corrected chi connectivity index (χ3v) is 5.18. The van der Waals surface area contributed by atoms with E-state index in [1.54, 1.807) is 12.3 Å². The fourth-order valence-electron chi connectivity index (χ4n) is 3.54. The number of rotatable bonds is 6. The average molecular weight is 397 g/mol. The van der Waals surface area contributed by atoms with Crippen molar-refractivity contribution in [3.05, 3.63) is 48.2 Å². The molecule has 2 aliphatic rings.